The van der Waals surface area contributed by atoms with Crippen LogP contribution in [-0.2, 0) is 19.5 Å². The van der Waals surface area contributed by atoms with Gasteiger partial charge in [0.25, 0.3) is 0 Å². The Hall–Kier alpha value is -1.32. The fourth-order valence-electron chi connectivity index (χ4n) is 3.32. The number of likely N-dealkylation sites (N-methyl/N-ethyl adjacent to an activating group) is 1. The molecule has 108 valence electrons. The van der Waals surface area contributed by atoms with Crippen molar-refractivity contribution in [3.8, 4) is 0 Å². The predicted molar refractivity (Wildman–Crippen MR) is 85.1 cm³/mol. The Morgan fingerprint density at radius 3 is 2.75 bits per heavy atom. The number of nitrogens with two attached hydrogens (primary N) is 1. The smallest absolute Gasteiger partial charge is 0.0486 e. The number of benzene rings is 1. The van der Waals surface area contributed by atoms with E-state index in [-0.39, 0.29) is 0 Å². The Morgan fingerprint density at radius 1 is 1.25 bits per heavy atom. The van der Waals surface area contributed by atoms with Crippen LogP contribution >= 0.6 is 0 Å². The van der Waals surface area contributed by atoms with E-state index in [2.05, 4.69) is 48.6 Å². The van der Waals surface area contributed by atoms with Gasteiger partial charge in [-0.2, -0.15) is 0 Å². The van der Waals surface area contributed by atoms with Gasteiger partial charge in [-0.1, -0.05) is 19.9 Å². The largest absolute Gasteiger partial charge is 0.342 e. The van der Waals surface area contributed by atoms with Crippen LogP contribution in [-0.4, -0.2) is 29.6 Å². The third-order valence-corrected chi connectivity index (χ3v) is 4.50. The van der Waals surface area contributed by atoms with Crippen molar-refractivity contribution in [1.29, 1.82) is 0 Å². The molecule has 2 heterocycles. The minimum absolute atomic E-state index is 0.574. The van der Waals surface area contributed by atoms with E-state index in [9.17, 15) is 0 Å². The molecule has 0 fully saturated rings. The van der Waals surface area contributed by atoms with Crippen LogP contribution in [0.15, 0.2) is 18.2 Å². The van der Waals surface area contributed by atoms with Gasteiger partial charge in [0.15, 0.2) is 0 Å². The molecule has 0 spiro atoms. The first kappa shape index (κ1) is 13.7. The number of fused-ring (bicyclic) bond motifs is 3. The van der Waals surface area contributed by atoms with Crippen LogP contribution in [0, 0.1) is 0 Å². The summed E-state index contributed by atoms with van der Waals surface area (Å²) in [7, 11) is 2.20. The maximum absolute atomic E-state index is 5.85. The lowest BCUT2D eigenvalue weighted by atomic mass is 9.99. The van der Waals surface area contributed by atoms with Crippen molar-refractivity contribution in [3.05, 3.63) is 35.0 Å². The van der Waals surface area contributed by atoms with Gasteiger partial charge >= 0.3 is 0 Å². The molecule has 0 amide bonds. The van der Waals surface area contributed by atoms with E-state index in [1.165, 1.54) is 27.7 Å². The van der Waals surface area contributed by atoms with Crippen LogP contribution in [0.4, 0.5) is 0 Å². The topological polar surface area (TPSA) is 34.2 Å². The second-order valence-electron chi connectivity index (χ2n) is 6.28. The van der Waals surface area contributed by atoms with Gasteiger partial charge in [0.05, 0.1) is 0 Å². The first-order chi connectivity index (χ1) is 9.61. The third kappa shape index (κ3) is 2.15. The number of rotatable bonds is 3. The van der Waals surface area contributed by atoms with E-state index >= 15 is 0 Å². The molecule has 0 aliphatic carbocycles. The molecule has 1 aromatic heterocycles. The minimum Gasteiger partial charge on any atom is -0.342 e. The zero-order valence-electron chi connectivity index (χ0n) is 12.8. The van der Waals surface area contributed by atoms with Gasteiger partial charge < -0.3 is 10.3 Å². The van der Waals surface area contributed by atoms with Crippen molar-refractivity contribution >= 4 is 10.9 Å². The fraction of sp³-hybridized carbons (Fsp3) is 0.529. The second-order valence-corrected chi connectivity index (χ2v) is 6.28. The summed E-state index contributed by atoms with van der Waals surface area (Å²) in [5, 5.41) is 1.42. The van der Waals surface area contributed by atoms with Gasteiger partial charge in [-0.3, -0.25) is 4.90 Å². The normalized spacial score (nSPS) is 16.1. The van der Waals surface area contributed by atoms with Crippen molar-refractivity contribution < 1.29 is 0 Å². The highest BCUT2D eigenvalue weighted by atomic mass is 15.2. The lowest BCUT2D eigenvalue weighted by Gasteiger charge is -2.26. The molecule has 0 unspecified atom stereocenters. The van der Waals surface area contributed by atoms with Crippen molar-refractivity contribution in [2.24, 2.45) is 5.73 Å². The highest BCUT2D eigenvalue weighted by molar-refractivity contribution is 5.86. The van der Waals surface area contributed by atoms with Crippen LogP contribution in [0.1, 0.15) is 36.6 Å². The van der Waals surface area contributed by atoms with E-state index in [1.807, 2.05) is 0 Å². The van der Waals surface area contributed by atoms with Crippen LogP contribution in [0.3, 0.4) is 0 Å². The molecular weight excluding hydrogens is 246 g/mol. The monoisotopic (exact) mass is 271 g/mol. The number of nitrogens with zero attached hydrogens (tertiary/aromatic N) is 2. The van der Waals surface area contributed by atoms with Crippen LogP contribution in [0.25, 0.3) is 10.9 Å². The second kappa shape index (κ2) is 5.23. The molecule has 20 heavy (non-hydrogen) atoms. The zero-order chi connectivity index (χ0) is 14.3. The molecule has 1 aliphatic heterocycles. The van der Waals surface area contributed by atoms with Gasteiger partial charge in [-0.05, 0) is 49.2 Å². The quantitative estimate of drug-likeness (QED) is 0.931. The summed E-state index contributed by atoms with van der Waals surface area (Å²) in [5.74, 6) is 0.574. The molecule has 0 bridgehead atoms. The average molecular weight is 271 g/mol. The summed E-state index contributed by atoms with van der Waals surface area (Å²) < 4.78 is 2.50. The van der Waals surface area contributed by atoms with E-state index in [0.717, 1.165) is 32.6 Å². The van der Waals surface area contributed by atoms with Crippen LogP contribution < -0.4 is 5.73 Å². The van der Waals surface area contributed by atoms with Gasteiger partial charge in [0, 0.05) is 36.2 Å². The molecule has 0 atom stereocenters. The molecular formula is C17H25N3. The highest BCUT2D eigenvalue weighted by Gasteiger charge is 2.21. The van der Waals surface area contributed by atoms with Gasteiger partial charge in [0.1, 0.15) is 0 Å². The molecule has 1 aromatic carbocycles. The third-order valence-electron chi connectivity index (χ3n) is 4.50. The van der Waals surface area contributed by atoms with E-state index in [0.29, 0.717) is 5.92 Å². The summed E-state index contributed by atoms with van der Waals surface area (Å²) in [6, 6.07) is 6.97. The Balaban J connectivity index is 2.22. The number of aromatic nitrogens is 1. The minimum atomic E-state index is 0.574. The molecule has 0 saturated heterocycles. The van der Waals surface area contributed by atoms with Crippen LogP contribution in [0.2, 0.25) is 0 Å². The van der Waals surface area contributed by atoms with Gasteiger partial charge in [0.2, 0.25) is 0 Å². The van der Waals surface area contributed by atoms with E-state index in [4.69, 9.17) is 5.73 Å². The average Bonchev–Trinajstić information content (AvgIpc) is 2.72. The van der Waals surface area contributed by atoms with Gasteiger partial charge in [-0.25, -0.2) is 0 Å². The molecule has 0 saturated carbocycles. The molecule has 2 N–H and O–H groups in total. The van der Waals surface area contributed by atoms with Crippen molar-refractivity contribution in [2.45, 2.75) is 39.3 Å². The summed E-state index contributed by atoms with van der Waals surface area (Å²) in [6.07, 6.45) is 0.980. The lowest BCUT2D eigenvalue weighted by molar-refractivity contribution is 0.271. The highest BCUT2D eigenvalue weighted by Crippen LogP contribution is 2.32. The molecule has 1 aliphatic rings. The summed E-state index contributed by atoms with van der Waals surface area (Å²) in [5.41, 5.74) is 11.6. The first-order valence-corrected chi connectivity index (χ1v) is 7.64. The Morgan fingerprint density at radius 2 is 2.05 bits per heavy atom. The fourth-order valence-corrected chi connectivity index (χ4v) is 3.32. The summed E-state index contributed by atoms with van der Waals surface area (Å²) in [4.78, 5) is 2.40. The molecule has 0 radical (unpaired) electrons. The molecule has 3 rings (SSSR count). The van der Waals surface area contributed by atoms with Crippen molar-refractivity contribution in [1.82, 2.24) is 9.47 Å². The molecule has 2 aromatic rings. The standard InChI is InChI=1S/C17H25N3/c1-12(2)13-4-5-16-15(10-13)14(6-7-18)17-11-19(3)8-9-20(16)17/h4-5,10,12H,6-9,11,18H2,1-3H3. The van der Waals surface area contributed by atoms with Gasteiger partial charge in [-0.15, -0.1) is 0 Å². The van der Waals surface area contributed by atoms with Crippen molar-refractivity contribution in [3.63, 3.8) is 0 Å². The summed E-state index contributed by atoms with van der Waals surface area (Å²) >= 11 is 0. The Labute approximate surface area is 121 Å². The molecule has 3 heteroatoms. The predicted octanol–water partition coefficient (Wildman–Crippen LogP) is 2.71. The van der Waals surface area contributed by atoms with Crippen molar-refractivity contribution in [2.75, 3.05) is 20.1 Å². The SMILES string of the molecule is CC(C)c1ccc2c(c1)c(CCN)c1n2CCN(C)C1. The maximum atomic E-state index is 5.85. The zero-order valence-corrected chi connectivity index (χ0v) is 12.8. The Kier molecular flexibility index (Phi) is 3.57. The van der Waals surface area contributed by atoms with E-state index < -0.39 is 0 Å². The Bertz CT molecular complexity index is 625. The number of hydrogen-bond acceptors (Lipinski definition) is 2. The molecule has 3 nitrogen and oxygen atoms in total. The van der Waals surface area contributed by atoms with E-state index in [1.54, 1.807) is 0 Å². The first-order valence-electron chi connectivity index (χ1n) is 7.64. The maximum Gasteiger partial charge on any atom is 0.0486 e. The van der Waals surface area contributed by atoms with Crippen LogP contribution in [0.5, 0.6) is 0 Å². The lowest BCUT2D eigenvalue weighted by Crippen LogP contribution is -2.30. The summed E-state index contributed by atoms with van der Waals surface area (Å²) in [6.45, 7) is 8.50. The number of hydrogen-bond donors (Lipinski definition) is 1.